The molecule has 1 aromatic carbocycles. The SMILES string of the molecule is CCOc1cc(N)c2n[nH]nc2c1. The van der Waals surface area contributed by atoms with Crippen molar-refractivity contribution in [3.8, 4) is 5.75 Å². The fourth-order valence-corrected chi connectivity index (χ4v) is 1.20. The third-order valence-electron chi connectivity index (χ3n) is 1.74. The van der Waals surface area contributed by atoms with Gasteiger partial charge in [0, 0.05) is 12.1 Å². The van der Waals surface area contributed by atoms with Gasteiger partial charge in [0.05, 0.1) is 12.3 Å². The predicted octanol–water partition coefficient (Wildman–Crippen LogP) is 0.939. The van der Waals surface area contributed by atoms with E-state index in [9.17, 15) is 0 Å². The summed E-state index contributed by atoms with van der Waals surface area (Å²) in [7, 11) is 0. The molecular formula is C8H10N4O. The maximum Gasteiger partial charge on any atom is 0.136 e. The van der Waals surface area contributed by atoms with Gasteiger partial charge in [0.25, 0.3) is 0 Å². The van der Waals surface area contributed by atoms with Crippen LogP contribution in [0, 0.1) is 0 Å². The minimum atomic E-state index is 0.578. The topological polar surface area (TPSA) is 76.8 Å². The number of anilines is 1. The molecule has 13 heavy (non-hydrogen) atoms. The van der Waals surface area contributed by atoms with Crippen LogP contribution < -0.4 is 10.5 Å². The largest absolute Gasteiger partial charge is 0.494 e. The van der Waals surface area contributed by atoms with Gasteiger partial charge in [0.15, 0.2) is 0 Å². The zero-order valence-electron chi connectivity index (χ0n) is 7.24. The first-order valence-corrected chi connectivity index (χ1v) is 4.04. The van der Waals surface area contributed by atoms with Crippen molar-refractivity contribution in [1.29, 1.82) is 0 Å². The fraction of sp³-hybridized carbons (Fsp3) is 0.250. The molecule has 0 aliphatic heterocycles. The molecule has 0 saturated heterocycles. The van der Waals surface area contributed by atoms with Crippen LogP contribution in [0.4, 0.5) is 5.69 Å². The smallest absolute Gasteiger partial charge is 0.136 e. The summed E-state index contributed by atoms with van der Waals surface area (Å²) in [5, 5.41) is 10.3. The predicted molar refractivity (Wildman–Crippen MR) is 49.5 cm³/mol. The second-order valence-electron chi connectivity index (χ2n) is 2.64. The highest BCUT2D eigenvalue weighted by molar-refractivity contribution is 5.87. The van der Waals surface area contributed by atoms with Crippen LogP contribution in [0.1, 0.15) is 6.92 Å². The third-order valence-corrected chi connectivity index (χ3v) is 1.74. The molecule has 0 amide bonds. The van der Waals surface area contributed by atoms with Gasteiger partial charge < -0.3 is 10.5 Å². The number of benzene rings is 1. The lowest BCUT2D eigenvalue weighted by atomic mass is 10.2. The number of hydrogen-bond acceptors (Lipinski definition) is 4. The van der Waals surface area contributed by atoms with Gasteiger partial charge in [-0.2, -0.15) is 15.4 Å². The highest BCUT2D eigenvalue weighted by Gasteiger charge is 2.04. The lowest BCUT2D eigenvalue weighted by Gasteiger charge is -2.02. The Labute approximate surface area is 74.9 Å². The summed E-state index contributed by atoms with van der Waals surface area (Å²) in [6, 6.07) is 3.55. The molecule has 3 N–H and O–H groups in total. The molecule has 0 aliphatic carbocycles. The third kappa shape index (κ3) is 1.28. The molecule has 0 unspecified atom stereocenters. The van der Waals surface area contributed by atoms with Crippen LogP contribution in [0.5, 0.6) is 5.75 Å². The molecule has 0 atom stereocenters. The Morgan fingerprint density at radius 3 is 3.08 bits per heavy atom. The number of rotatable bonds is 2. The molecule has 1 heterocycles. The number of aromatic amines is 1. The molecule has 0 aliphatic rings. The summed E-state index contributed by atoms with van der Waals surface area (Å²) in [4.78, 5) is 0. The van der Waals surface area contributed by atoms with Crippen LogP contribution in [0.3, 0.4) is 0 Å². The lowest BCUT2D eigenvalue weighted by molar-refractivity contribution is 0.341. The Balaban J connectivity index is 2.56. The van der Waals surface area contributed by atoms with Crippen molar-refractivity contribution in [1.82, 2.24) is 15.4 Å². The van der Waals surface area contributed by atoms with Crippen LogP contribution in [0.2, 0.25) is 0 Å². The zero-order chi connectivity index (χ0) is 9.26. The number of aromatic nitrogens is 3. The molecular weight excluding hydrogens is 168 g/mol. The van der Waals surface area contributed by atoms with Crippen molar-refractivity contribution in [3.63, 3.8) is 0 Å². The molecule has 5 nitrogen and oxygen atoms in total. The van der Waals surface area contributed by atoms with Crippen molar-refractivity contribution >= 4 is 16.7 Å². The van der Waals surface area contributed by atoms with E-state index in [-0.39, 0.29) is 0 Å². The monoisotopic (exact) mass is 178 g/mol. The zero-order valence-corrected chi connectivity index (χ0v) is 7.24. The number of nitrogens with zero attached hydrogens (tertiary/aromatic N) is 2. The molecule has 0 fully saturated rings. The van der Waals surface area contributed by atoms with Gasteiger partial charge in [-0.1, -0.05) is 0 Å². The summed E-state index contributed by atoms with van der Waals surface area (Å²) < 4.78 is 5.30. The maximum atomic E-state index is 5.73. The second kappa shape index (κ2) is 2.93. The number of nitrogen functional groups attached to an aromatic ring is 1. The Bertz CT molecular complexity index is 423. The lowest BCUT2D eigenvalue weighted by Crippen LogP contribution is -1.93. The van der Waals surface area contributed by atoms with Gasteiger partial charge in [0.1, 0.15) is 16.8 Å². The second-order valence-corrected chi connectivity index (χ2v) is 2.64. The van der Waals surface area contributed by atoms with E-state index in [0.29, 0.717) is 17.8 Å². The van der Waals surface area contributed by atoms with Gasteiger partial charge in [-0.05, 0) is 6.92 Å². The molecule has 5 heteroatoms. The maximum absolute atomic E-state index is 5.73. The van der Waals surface area contributed by atoms with Crippen molar-refractivity contribution < 1.29 is 4.74 Å². The van der Waals surface area contributed by atoms with Gasteiger partial charge in [-0.15, -0.1) is 0 Å². The number of hydrogen-bond donors (Lipinski definition) is 2. The van der Waals surface area contributed by atoms with Crippen molar-refractivity contribution in [2.75, 3.05) is 12.3 Å². The van der Waals surface area contributed by atoms with E-state index in [1.54, 1.807) is 12.1 Å². The van der Waals surface area contributed by atoms with Gasteiger partial charge in [-0.3, -0.25) is 0 Å². The minimum Gasteiger partial charge on any atom is -0.494 e. The van der Waals surface area contributed by atoms with Crippen molar-refractivity contribution in [3.05, 3.63) is 12.1 Å². The summed E-state index contributed by atoms with van der Waals surface area (Å²) >= 11 is 0. The van der Waals surface area contributed by atoms with Gasteiger partial charge in [-0.25, -0.2) is 0 Å². The van der Waals surface area contributed by atoms with E-state index < -0.39 is 0 Å². The highest BCUT2D eigenvalue weighted by atomic mass is 16.5. The van der Waals surface area contributed by atoms with Crippen LogP contribution in [0.25, 0.3) is 11.0 Å². The van der Waals surface area contributed by atoms with Crippen LogP contribution in [-0.2, 0) is 0 Å². The van der Waals surface area contributed by atoms with Crippen LogP contribution in [-0.4, -0.2) is 22.0 Å². The van der Waals surface area contributed by atoms with E-state index in [2.05, 4.69) is 15.4 Å². The molecule has 0 radical (unpaired) electrons. The van der Waals surface area contributed by atoms with Crippen molar-refractivity contribution in [2.24, 2.45) is 0 Å². The molecule has 1 aromatic heterocycles. The highest BCUT2D eigenvalue weighted by Crippen LogP contribution is 2.23. The summed E-state index contributed by atoms with van der Waals surface area (Å²) in [5.41, 5.74) is 7.72. The number of nitrogens with one attached hydrogen (secondary N) is 1. The molecule has 2 aromatic rings. The summed E-state index contributed by atoms with van der Waals surface area (Å²) in [6.45, 7) is 2.53. The van der Waals surface area contributed by atoms with E-state index in [0.717, 1.165) is 11.3 Å². The minimum absolute atomic E-state index is 0.578. The number of nitrogens with two attached hydrogens (primary N) is 1. The molecule has 0 spiro atoms. The number of ether oxygens (including phenoxy) is 1. The molecule has 68 valence electrons. The fourth-order valence-electron chi connectivity index (χ4n) is 1.20. The molecule has 2 rings (SSSR count). The first kappa shape index (κ1) is 7.85. The standard InChI is InChI=1S/C8H10N4O/c1-2-13-5-3-6(9)8-7(4-5)10-12-11-8/h3-4H,2,9H2,1H3,(H,10,11,12). The summed E-state index contributed by atoms with van der Waals surface area (Å²) in [6.07, 6.45) is 0. The Kier molecular flexibility index (Phi) is 1.77. The Hall–Kier alpha value is -1.78. The first-order valence-electron chi connectivity index (χ1n) is 4.04. The van der Waals surface area contributed by atoms with Crippen LogP contribution >= 0.6 is 0 Å². The Morgan fingerprint density at radius 2 is 2.31 bits per heavy atom. The number of fused-ring (bicyclic) bond motifs is 1. The first-order chi connectivity index (χ1) is 6.31. The quantitative estimate of drug-likeness (QED) is 0.671. The normalized spacial score (nSPS) is 10.5. The Morgan fingerprint density at radius 1 is 1.46 bits per heavy atom. The van der Waals surface area contributed by atoms with E-state index in [1.165, 1.54) is 0 Å². The van der Waals surface area contributed by atoms with Gasteiger partial charge >= 0.3 is 0 Å². The molecule has 0 saturated carbocycles. The van der Waals surface area contributed by atoms with Gasteiger partial charge in [0.2, 0.25) is 0 Å². The van der Waals surface area contributed by atoms with E-state index in [4.69, 9.17) is 10.5 Å². The average molecular weight is 178 g/mol. The van der Waals surface area contributed by atoms with E-state index >= 15 is 0 Å². The molecule has 0 bridgehead atoms. The average Bonchev–Trinajstić information content (AvgIpc) is 2.53. The summed E-state index contributed by atoms with van der Waals surface area (Å²) in [5.74, 6) is 0.724. The number of H-pyrrole nitrogens is 1. The van der Waals surface area contributed by atoms with E-state index in [1.807, 2.05) is 6.92 Å². The van der Waals surface area contributed by atoms with Crippen LogP contribution in [0.15, 0.2) is 12.1 Å². The van der Waals surface area contributed by atoms with Crippen molar-refractivity contribution in [2.45, 2.75) is 6.92 Å².